The van der Waals surface area contributed by atoms with Gasteiger partial charge in [-0.3, -0.25) is 9.59 Å². The Morgan fingerprint density at radius 3 is 2.25 bits per heavy atom. The first-order chi connectivity index (χ1) is 11.5. The number of amides is 2. The van der Waals surface area contributed by atoms with E-state index < -0.39 is 11.7 Å². The average Bonchev–Trinajstić information content (AvgIpc) is 2.56. The SMILES string of the molecule is CCN(CC)C(=O)c1ccc(NC(=O)c2ccc(Cl)cc2F)cc1. The van der Waals surface area contributed by atoms with Crippen LogP contribution in [0.4, 0.5) is 10.1 Å². The molecular formula is C18H18ClFN2O2. The minimum atomic E-state index is -0.687. The fourth-order valence-corrected chi connectivity index (χ4v) is 2.42. The van der Waals surface area contributed by atoms with Gasteiger partial charge >= 0.3 is 0 Å². The Balaban J connectivity index is 2.11. The summed E-state index contributed by atoms with van der Waals surface area (Å²) in [5.74, 6) is -1.33. The van der Waals surface area contributed by atoms with Crippen molar-refractivity contribution in [2.45, 2.75) is 13.8 Å². The van der Waals surface area contributed by atoms with E-state index in [2.05, 4.69) is 5.32 Å². The van der Waals surface area contributed by atoms with Gasteiger partial charge in [0.05, 0.1) is 5.56 Å². The van der Waals surface area contributed by atoms with Gasteiger partial charge in [-0.25, -0.2) is 4.39 Å². The predicted octanol–water partition coefficient (Wildman–Crippen LogP) is 4.21. The van der Waals surface area contributed by atoms with E-state index >= 15 is 0 Å². The highest BCUT2D eigenvalue weighted by molar-refractivity contribution is 6.30. The zero-order valence-corrected chi connectivity index (χ0v) is 14.2. The van der Waals surface area contributed by atoms with Crippen molar-refractivity contribution in [3.05, 3.63) is 64.4 Å². The molecule has 0 fully saturated rings. The molecule has 0 aliphatic heterocycles. The molecule has 6 heteroatoms. The zero-order valence-electron chi connectivity index (χ0n) is 13.5. The molecule has 0 aliphatic rings. The Labute approximate surface area is 145 Å². The van der Waals surface area contributed by atoms with Crippen LogP contribution in [0.5, 0.6) is 0 Å². The van der Waals surface area contributed by atoms with Gasteiger partial charge in [0.15, 0.2) is 0 Å². The fraction of sp³-hybridized carbons (Fsp3) is 0.222. The molecule has 0 bridgehead atoms. The third kappa shape index (κ3) is 4.11. The van der Waals surface area contributed by atoms with Crippen molar-refractivity contribution in [3.63, 3.8) is 0 Å². The molecule has 0 atom stereocenters. The van der Waals surface area contributed by atoms with E-state index in [9.17, 15) is 14.0 Å². The van der Waals surface area contributed by atoms with Crippen molar-refractivity contribution in [2.75, 3.05) is 18.4 Å². The molecule has 0 aromatic heterocycles. The number of hydrogen-bond donors (Lipinski definition) is 1. The first kappa shape index (κ1) is 17.9. The summed E-state index contributed by atoms with van der Waals surface area (Å²) in [5, 5.41) is 2.82. The van der Waals surface area contributed by atoms with Gasteiger partial charge in [-0.15, -0.1) is 0 Å². The largest absolute Gasteiger partial charge is 0.339 e. The highest BCUT2D eigenvalue weighted by Crippen LogP contribution is 2.17. The van der Waals surface area contributed by atoms with Crippen LogP contribution in [-0.2, 0) is 0 Å². The third-order valence-electron chi connectivity index (χ3n) is 3.62. The van der Waals surface area contributed by atoms with Crippen LogP contribution in [0.3, 0.4) is 0 Å². The summed E-state index contributed by atoms with van der Waals surface area (Å²) in [5.41, 5.74) is 0.919. The van der Waals surface area contributed by atoms with Crippen molar-refractivity contribution in [1.82, 2.24) is 4.90 Å². The highest BCUT2D eigenvalue weighted by Gasteiger charge is 2.14. The molecule has 4 nitrogen and oxygen atoms in total. The molecule has 0 aliphatic carbocycles. The molecule has 0 saturated carbocycles. The monoisotopic (exact) mass is 348 g/mol. The summed E-state index contributed by atoms with van der Waals surface area (Å²) in [6.45, 7) is 5.08. The van der Waals surface area contributed by atoms with Gasteiger partial charge in [-0.2, -0.15) is 0 Å². The summed E-state index contributed by atoms with van der Waals surface area (Å²) in [4.78, 5) is 26.0. The van der Waals surface area contributed by atoms with Crippen LogP contribution in [0.2, 0.25) is 5.02 Å². The van der Waals surface area contributed by atoms with E-state index in [0.29, 0.717) is 24.3 Å². The molecule has 0 saturated heterocycles. The lowest BCUT2D eigenvalue weighted by atomic mass is 10.1. The van der Waals surface area contributed by atoms with Crippen molar-refractivity contribution in [2.24, 2.45) is 0 Å². The molecule has 126 valence electrons. The molecule has 1 N–H and O–H groups in total. The minimum absolute atomic E-state index is 0.0679. The van der Waals surface area contributed by atoms with Gasteiger partial charge in [0.1, 0.15) is 5.82 Å². The van der Waals surface area contributed by atoms with Gasteiger partial charge in [0, 0.05) is 29.4 Å². The number of halogens is 2. The molecule has 2 aromatic carbocycles. The fourth-order valence-electron chi connectivity index (χ4n) is 2.26. The van der Waals surface area contributed by atoms with Crippen molar-refractivity contribution in [1.29, 1.82) is 0 Å². The summed E-state index contributed by atoms with van der Waals surface area (Å²) in [7, 11) is 0. The number of nitrogens with one attached hydrogen (secondary N) is 1. The van der Waals surface area contributed by atoms with Crippen LogP contribution in [0.1, 0.15) is 34.6 Å². The molecule has 2 aromatic rings. The lowest BCUT2D eigenvalue weighted by Crippen LogP contribution is -2.30. The highest BCUT2D eigenvalue weighted by atomic mass is 35.5. The smallest absolute Gasteiger partial charge is 0.258 e. The van der Waals surface area contributed by atoms with Crippen LogP contribution in [0.15, 0.2) is 42.5 Å². The van der Waals surface area contributed by atoms with E-state index in [-0.39, 0.29) is 16.5 Å². The van der Waals surface area contributed by atoms with Crippen LogP contribution in [-0.4, -0.2) is 29.8 Å². The second-order valence-corrected chi connectivity index (χ2v) is 5.57. The van der Waals surface area contributed by atoms with E-state index in [0.717, 1.165) is 6.07 Å². The maximum atomic E-state index is 13.7. The molecular weight excluding hydrogens is 331 g/mol. The summed E-state index contributed by atoms with van der Waals surface area (Å²) in [6, 6.07) is 10.4. The Hall–Kier alpha value is -2.40. The van der Waals surface area contributed by atoms with Gasteiger partial charge in [0.25, 0.3) is 11.8 Å². The molecule has 24 heavy (non-hydrogen) atoms. The van der Waals surface area contributed by atoms with Crippen LogP contribution in [0, 0.1) is 5.82 Å². The Morgan fingerprint density at radius 2 is 1.71 bits per heavy atom. The Morgan fingerprint density at radius 1 is 1.08 bits per heavy atom. The number of carbonyl (C=O) groups is 2. The van der Waals surface area contributed by atoms with Crippen LogP contribution >= 0.6 is 11.6 Å². The quantitative estimate of drug-likeness (QED) is 0.879. The summed E-state index contributed by atoms with van der Waals surface area (Å²) >= 11 is 5.67. The third-order valence-corrected chi connectivity index (χ3v) is 3.85. The Kier molecular flexibility index (Phi) is 5.93. The number of hydrogen-bond acceptors (Lipinski definition) is 2. The van der Waals surface area contributed by atoms with Crippen molar-refractivity contribution >= 4 is 29.1 Å². The zero-order chi connectivity index (χ0) is 17.7. The second kappa shape index (κ2) is 7.93. The normalized spacial score (nSPS) is 10.3. The number of carbonyl (C=O) groups excluding carboxylic acids is 2. The molecule has 0 spiro atoms. The number of nitrogens with zero attached hydrogens (tertiary/aromatic N) is 1. The first-order valence-electron chi connectivity index (χ1n) is 7.62. The average molecular weight is 349 g/mol. The minimum Gasteiger partial charge on any atom is -0.339 e. The van der Waals surface area contributed by atoms with Gasteiger partial charge < -0.3 is 10.2 Å². The maximum absolute atomic E-state index is 13.7. The van der Waals surface area contributed by atoms with E-state index in [1.54, 1.807) is 29.2 Å². The molecule has 0 radical (unpaired) electrons. The van der Waals surface area contributed by atoms with Crippen molar-refractivity contribution < 1.29 is 14.0 Å². The van der Waals surface area contributed by atoms with Gasteiger partial charge in [0.2, 0.25) is 0 Å². The molecule has 0 heterocycles. The lowest BCUT2D eigenvalue weighted by molar-refractivity contribution is 0.0773. The van der Waals surface area contributed by atoms with Gasteiger partial charge in [-0.1, -0.05) is 11.6 Å². The lowest BCUT2D eigenvalue weighted by Gasteiger charge is -2.18. The van der Waals surface area contributed by atoms with E-state index in [1.807, 2.05) is 13.8 Å². The number of anilines is 1. The summed E-state index contributed by atoms with van der Waals surface area (Å²) in [6.07, 6.45) is 0. The number of rotatable bonds is 5. The van der Waals surface area contributed by atoms with Gasteiger partial charge in [-0.05, 0) is 56.3 Å². The van der Waals surface area contributed by atoms with Crippen LogP contribution < -0.4 is 5.32 Å². The maximum Gasteiger partial charge on any atom is 0.258 e. The second-order valence-electron chi connectivity index (χ2n) is 5.13. The van der Waals surface area contributed by atoms with E-state index in [4.69, 9.17) is 11.6 Å². The first-order valence-corrected chi connectivity index (χ1v) is 7.99. The molecule has 2 amide bonds. The predicted molar refractivity (Wildman–Crippen MR) is 93.1 cm³/mol. The molecule has 0 unspecified atom stereocenters. The summed E-state index contributed by atoms with van der Waals surface area (Å²) < 4.78 is 13.7. The number of benzene rings is 2. The van der Waals surface area contributed by atoms with E-state index in [1.165, 1.54) is 12.1 Å². The van der Waals surface area contributed by atoms with Crippen LogP contribution in [0.25, 0.3) is 0 Å². The topological polar surface area (TPSA) is 49.4 Å². The standard InChI is InChI=1S/C18H18ClFN2O2/c1-3-22(4-2)18(24)12-5-8-14(9-6-12)21-17(23)15-10-7-13(19)11-16(15)20/h5-11H,3-4H2,1-2H3,(H,21,23). The Bertz CT molecular complexity index is 743. The molecule has 2 rings (SSSR count). The van der Waals surface area contributed by atoms with Crippen molar-refractivity contribution in [3.8, 4) is 0 Å².